The minimum atomic E-state index is 0.0246. The highest BCUT2D eigenvalue weighted by atomic mass is 16.5. The van der Waals surface area contributed by atoms with Crippen LogP contribution in [0.3, 0.4) is 0 Å². The third-order valence-corrected chi connectivity index (χ3v) is 5.59. The smallest absolute Gasteiger partial charge is 0.255 e. The first-order valence-electron chi connectivity index (χ1n) is 9.61. The molecule has 4 rings (SSSR count). The molecule has 1 aliphatic carbocycles. The molecule has 0 spiro atoms. The monoisotopic (exact) mass is 362 g/mol. The Kier molecular flexibility index (Phi) is 4.65. The van der Waals surface area contributed by atoms with E-state index in [9.17, 15) is 4.79 Å². The standard InChI is InChI=1S/C23H26N2O2/c1-4-27-20-14-6-5-9-18(20)21-16-11-7-10-15(16)17-12-8-13-19(22(17)24-21)23(26)25(2)3/h5-10,12-16,21,24H,4,11H2,1-3H3. The van der Waals surface area contributed by atoms with E-state index < -0.39 is 0 Å². The normalized spacial score (nSPS) is 22.6. The van der Waals surface area contributed by atoms with Gasteiger partial charge in [-0.2, -0.15) is 0 Å². The molecule has 1 heterocycles. The zero-order chi connectivity index (χ0) is 19.0. The first kappa shape index (κ1) is 17.7. The number of rotatable bonds is 4. The van der Waals surface area contributed by atoms with Crippen LogP contribution in [-0.2, 0) is 0 Å². The van der Waals surface area contributed by atoms with E-state index in [0.717, 1.165) is 29.0 Å². The molecular weight excluding hydrogens is 336 g/mol. The van der Waals surface area contributed by atoms with Crippen molar-refractivity contribution in [3.8, 4) is 5.75 Å². The predicted molar refractivity (Wildman–Crippen MR) is 108 cm³/mol. The second kappa shape index (κ2) is 7.10. The Bertz CT molecular complexity index is 888. The molecular formula is C23H26N2O2. The van der Waals surface area contributed by atoms with Gasteiger partial charge in [-0.3, -0.25) is 4.79 Å². The van der Waals surface area contributed by atoms with Crippen LogP contribution in [0.25, 0.3) is 0 Å². The van der Waals surface area contributed by atoms with Crippen molar-refractivity contribution in [2.24, 2.45) is 5.92 Å². The molecule has 1 N–H and O–H groups in total. The number of nitrogens with zero attached hydrogens (tertiary/aromatic N) is 1. The first-order chi connectivity index (χ1) is 13.1. The van der Waals surface area contributed by atoms with E-state index >= 15 is 0 Å². The number of ether oxygens (including phenoxy) is 1. The maximum absolute atomic E-state index is 12.8. The van der Waals surface area contributed by atoms with Gasteiger partial charge in [0, 0.05) is 25.6 Å². The van der Waals surface area contributed by atoms with E-state index in [1.54, 1.807) is 19.0 Å². The average molecular weight is 362 g/mol. The summed E-state index contributed by atoms with van der Waals surface area (Å²) in [5.41, 5.74) is 4.07. The quantitative estimate of drug-likeness (QED) is 0.808. The third kappa shape index (κ3) is 2.99. The summed E-state index contributed by atoms with van der Waals surface area (Å²) >= 11 is 0. The van der Waals surface area contributed by atoms with Crippen LogP contribution in [0.4, 0.5) is 5.69 Å². The lowest BCUT2D eigenvalue weighted by atomic mass is 9.76. The van der Waals surface area contributed by atoms with Gasteiger partial charge in [0.15, 0.2) is 0 Å². The molecule has 3 atom stereocenters. The summed E-state index contributed by atoms with van der Waals surface area (Å²) in [4.78, 5) is 14.4. The van der Waals surface area contributed by atoms with Crippen LogP contribution in [0, 0.1) is 5.92 Å². The Hall–Kier alpha value is -2.75. The van der Waals surface area contributed by atoms with Crippen LogP contribution in [0.1, 0.15) is 46.8 Å². The lowest BCUT2D eigenvalue weighted by Gasteiger charge is -2.39. The number of carbonyl (C=O) groups excluding carboxylic acids is 1. The van der Waals surface area contributed by atoms with Crippen molar-refractivity contribution >= 4 is 11.6 Å². The molecule has 2 aliphatic rings. The average Bonchev–Trinajstić information content (AvgIpc) is 3.17. The number of amides is 1. The summed E-state index contributed by atoms with van der Waals surface area (Å²) in [6, 6.07) is 14.4. The van der Waals surface area contributed by atoms with Crippen LogP contribution < -0.4 is 10.1 Å². The summed E-state index contributed by atoms with van der Waals surface area (Å²) in [5, 5.41) is 3.72. The molecule has 2 aromatic carbocycles. The molecule has 0 bridgehead atoms. The number of anilines is 1. The summed E-state index contributed by atoms with van der Waals surface area (Å²) in [6.45, 7) is 2.64. The number of carbonyl (C=O) groups is 1. The molecule has 0 radical (unpaired) electrons. The Morgan fingerprint density at radius 2 is 1.93 bits per heavy atom. The molecule has 140 valence electrons. The molecule has 0 fully saturated rings. The second-order valence-corrected chi connectivity index (χ2v) is 7.42. The zero-order valence-corrected chi connectivity index (χ0v) is 16.1. The van der Waals surface area contributed by atoms with Crippen molar-refractivity contribution < 1.29 is 9.53 Å². The molecule has 1 amide bonds. The summed E-state index contributed by atoms with van der Waals surface area (Å²) < 4.78 is 5.91. The number of para-hydroxylation sites is 2. The number of benzene rings is 2. The SMILES string of the molecule is CCOc1ccccc1C1Nc2c(C(=O)N(C)C)cccc2C2C=CCC21. The van der Waals surface area contributed by atoms with Crippen molar-refractivity contribution in [1.82, 2.24) is 4.90 Å². The summed E-state index contributed by atoms with van der Waals surface area (Å²) in [6.07, 6.45) is 5.58. The molecule has 1 aliphatic heterocycles. The fraction of sp³-hybridized carbons (Fsp3) is 0.348. The molecule has 0 saturated carbocycles. The minimum Gasteiger partial charge on any atom is -0.494 e. The number of nitrogens with one attached hydrogen (secondary N) is 1. The largest absolute Gasteiger partial charge is 0.494 e. The van der Waals surface area contributed by atoms with Crippen molar-refractivity contribution in [2.45, 2.75) is 25.3 Å². The minimum absolute atomic E-state index is 0.0246. The van der Waals surface area contributed by atoms with E-state index in [4.69, 9.17) is 4.74 Å². The second-order valence-electron chi connectivity index (χ2n) is 7.42. The summed E-state index contributed by atoms with van der Waals surface area (Å²) in [7, 11) is 3.59. The van der Waals surface area contributed by atoms with Gasteiger partial charge in [-0.15, -0.1) is 0 Å². The van der Waals surface area contributed by atoms with E-state index in [-0.39, 0.29) is 11.9 Å². The number of allylic oxidation sites excluding steroid dienone is 2. The highest BCUT2D eigenvalue weighted by molar-refractivity contribution is 6.00. The Morgan fingerprint density at radius 3 is 2.70 bits per heavy atom. The van der Waals surface area contributed by atoms with Gasteiger partial charge in [0.2, 0.25) is 0 Å². The van der Waals surface area contributed by atoms with Gasteiger partial charge in [-0.05, 0) is 37.0 Å². The van der Waals surface area contributed by atoms with Gasteiger partial charge in [0.05, 0.1) is 23.9 Å². The fourth-order valence-electron chi connectivity index (χ4n) is 4.37. The van der Waals surface area contributed by atoms with Gasteiger partial charge in [0.1, 0.15) is 5.75 Å². The number of hydrogen-bond donors (Lipinski definition) is 1. The third-order valence-electron chi connectivity index (χ3n) is 5.59. The molecule has 27 heavy (non-hydrogen) atoms. The number of fused-ring (bicyclic) bond motifs is 3. The molecule has 0 saturated heterocycles. The van der Waals surface area contributed by atoms with Crippen LogP contribution in [-0.4, -0.2) is 31.5 Å². The lowest BCUT2D eigenvalue weighted by Crippen LogP contribution is -2.32. The maximum atomic E-state index is 12.8. The maximum Gasteiger partial charge on any atom is 0.255 e. The predicted octanol–water partition coefficient (Wildman–Crippen LogP) is 4.61. The molecule has 2 aromatic rings. The van der Waals surface area contributed by atoms with Crippen molar-refractivity contribution in [2.75, 3.05) is 26.0 Å². The van der Waals surface area contributed by atoms with Gasteiger partial charge < -0.3 is 15.0 Å². The van der Waals surface area contributed by atoms with Gasteiger partial charge >= 0.3 is 0 Å². The first-order valence-corrected chi connectivity index (χ1v) is 9.61. The van der Waals surface area contributed by atoms with Crippen molar-refractivity contribution in [3.63, 3.8) is 0 Å². The Morgan fingerprint density at radius 1 is 1.15 bits per heavy atom. The molecule has 4 nitrogen and oxygen atoms in total. The van der Waals surface area contributed by atoms with Crippen LogP contribution >= 0.6 is 0 Å². The van der Waals surface area contributed by atoms with E-state index in [1.165, 1.54) is 5.56 Å². The van der Waals surface area contributed by atoms with Gasteiger partial charge in [0.25, 0.3) is 5.91 Å². The van der Waals surface area contributed by atoms with E-state index in [2.05, 4.69) is 35.7 Å². The molecule has 4 heteroatoms. The summed E-state index contributed by atoms with van der Waals surface area (Å²) in [5.74, 6) is 1.68. The molecule has 3 unspecified atom stereocenters. The fourth-order valence-corrected chi connectivity index (χ4v) is 4.37. The highest BCUT2D eigenvalue weighted by Gasteiger charge is 2.40. The van der Waals surface area contributed by atoms with Crippen LogP contribution in [0.2, 0.25) is 0 Å². The topological polar surface area (TPSA) is 41.6 Å². The van der Waals surface area contributed by atoms with Crippen molar-refractivity contribution in [1.29, 1.82) is 0 Å². The Balaban J connectivity index is 1.82. The van der Waals surface area contributed by atoms with Crippen LogP contribution in [0.15, 0.2) is 54.6 Å². The highest BCUT2D eigenvalue weighted by Crippen LogP contribution is 2.51. The van der Waals surface area contributed by atoms with Gasteiger partial charge in [-0.25, -0.2) is 0 Å². The van der Waals surface area contributed by atoms with E-state index in [0.29, 0.717) is 18.4 Å². The zero-order valence-electron chi connectivity index (χ0n) is 16.1. The van der Waals surface area contributed by atoms with Crippen LogP contribution in [0.5, 0.6) is 5.75 Å². The van der Waals surface area contributed by atoms with E-state index in [1.807, 2.05) is 31.2 Å². The lowest BCUT2D eigenvalue weighted by molar-refractivity contribution is 0.0828. The molecule has 0 aromatic heterocycles. The Labute approximate surface area is 160 Å². The number of hydrogen-bond acceptors (Lipinski definition) is 3. The van der Waals surface area contributed by atoms with Crippen molar-refractivity contribution in [3.05, 3.63) is 71.3 Å². The van der Waals surface area contributed by atoms with Gasteiger partial charge in [-0.1, -0.05) is 42.5 Å².